The van der Waals surface area contributed by atoms with E-state index >= 15 is 0 Å². The fourth-order valence-electron chi connectivity index (χ4n) is 2.82. The van der Waals surface area contributed by atoms with Crippen molar-refractivity contribution in [1.29, 1.82) is 0 Å². The quantitative estimate of drug-likeness (QED) is 0.753. The molecule has 0 spiro atoms. The molecule has 0 radical (unpaired) electrons. The summed E-state index contributed by atoms with van der Waals surface area (Å²) in [7, 11) is 0. The maximum atomic E-state index is 12.7. The van der Waals surface area contributed by atoms with Gasteiger partial charge in [0.25, 0.3) is 11.8 Å². The second kappa shape index (κ2) is 5.26. The minimum absolute atomic E-state index is 0.328. The number of nitrogens with zero attached hydrogens (tertiary/aromatic N) is 2. The summed E-state index contributed by atoms with van der Waals surface area (Å²) >= 11 is 1.54. The number of hydrogen-bond acceptors (Lipinski definition) is 5. The Bertz CT molecular complexity index is 897. The molecule has 3 aromatic rings. The van der Waals surface area contributed by atoms with E-state index in [2.05, 4.69) is 10.4 Å². The average Bonchev–Trinajstić information content (AvgIpc) is 2.98. The third-order valence-electron chi connectivity index (χ3n) is 3.86. The van der Waals surface area contributed by atoms with Crippen LogP contribution in [0.2, 0.25) is 0 Å². The van der Waals surface area contributed by atoms with Crippen molar-refractivity contribution < 1.29 is 9.59 Å². The molecule has 0 saturated heterocycles. The van der Waals surface area contributed by atoms with Crippen LogP contribution in [-0.4, -0.2) is 21.8 Å². The molecule has 4 rings (SSSR count). The zero-order valence-electron chi connectivity index (χ0n) is 12.4. The van der Waals surface area contributed by atoms with Crippen LogP contribution >= 0.6 is 11.3 Å². The van der Waals surface area contributed by atoms with Crippen molar-refractivity contribution in [3.63, 3.8) is 0 Å². The van der Waals surface area contributed by atoms with Gasteiger partial charge in [-0.25, -0.2) is 15.4 Å². The normalized spacial score (nSPS) is 13.9. The van der Waals surface area contributed by atoms with Crippen molar-refractivity contribution in [2.75, 3.05) is 0 Å². The van der Waals surface area contributed by atoms with E-state index in [4.69, 9.17) is 0 Å². The molecule has 23 heavy (non-hydrogen) atoms. The number of carbonyl (C=O) groups is 2. The lowest BCUT2D eigenvalue weighted by Crippen LogP contribution is -2.48. The number of aromatic nitrogens is 1. The molecule has 1 aromatic heterocycles. The number of rotatable bonds is 3. The lowest BCUT2D eigenvalue weighted by Gasteiger charge is -2.27. The number of hydrogen-bond donors (Lipinski definition) is 1. The van der Waals surface area contributed by atoms with Crippen molar-refractivity contribution in [2.24, 2.45) is 0 Å². The molecule has 0 saturated carbocycles. The van der Waals surface area contributed by atoms with E-state index < -0.39 is 0 Å². The second-order valence-electron chi connectivity index (χ2n) is 5.35. The fourth-order valence-corrected chi connectivity index (χ4v) is 3.44. The van der Waals surface area contributed by atoms with Gasteiger partial charge in [-0.1, -0.05) is 24.3 Å². The van der Waals surface area contributed by atoms with Gasteiger partial charge in [0.2, 0.25) is 0 Å². The minimum atomic E-state index is -0.328. The van der Waals surface area contributed by atoms with E-state index in [1.807, 2.05) is 36.6 Å². The maximum Gasteiger partial charge on any atom is 0.276 e. The van der Waals surface area contributed by atoms with E-state index in [1.54, 1.807) is 12.1 Å². The number of nitrogens with one attached hydrogen (secondary N) is 1. The summed E-state index contributed by atoms with van der Waals surface area (Å²) in [6, 6.07) is 11.0. The number of aryl methyl sites for hydroxylation is 1. The Morgan fingerprint density at radius 1 is 1.09 bits per heavy atom. The first-order chi connectivity index (χ1) is 11.1. The van der Waals surface area contributed by atoms with Gasteiger partial charge in [0.15, 0.2) is 0 Å². The second-order valence-corrected chi connectivity index (χ2v) is 6.41. The smallest absolute Gasteiger partial charge is 0.267 e. The van der Waals surface area contributed by atoms with Gasteiger partial charge in [-0.15, -0.1) is 11.3 Å². The van der Waals surface area contributed by atoms with Crippen LogP contribution in [0, 0.1) is 6.92 Å². The molecule has 1 aliphatic heterocycles. The van der Waals surface area contributed by atoms with E-state index in [0.717, 1.165) is 26.5 Å². The molecular formula is C17H13N3O2S. The highest BCUT2D eigenvalue weighted by Crippen LogP contribution is 2.29. The number of amides is 2. The summed E-state index contributed by atoms with van der Waals surface area (Å²) in [4.78, 5) is 29.7. The van der Waals surface area contributed by atoms with Crippen molar-refractivity contribution in [3.05, 3.63) is 63.6 Å². The topological polar surface area (TPSA) is 62.3 Å². The Labute approximate surface area is 136 Å². The van der Waals surface area contributed by atoms with Crippen LogP contribution in [0.5, 0.6) is 0 Å². The van der Waals surface area contributed by atoms with Gasteiger partial charge in [0.05, 0.1) is 28.4 Å². The fraction of sp³-hybridized carbons (Fsp3) is 0.118. The minimum Gasteiger partial charge on any atom is -0.267 e. The first kappa shape index (κ1) is 14.0. The number of imide groups is 1. The Morgan fingerprint density at radius 3 is 2.30 bits per heavy atom. The van der Waals surface area contributed by atoms with Gasteiger partial charge in [0.1, 0.15) is 0 Å². The molecule has 2 amide bonds. The molecule has 2 aromatic carbocycles. The predicted molar refractivity (Wildman–Crippen MR) is 88.1 cm³/mol. The summed E-state index contributed by atoms with van der Waals surface area (Å²) < 4.78 is 0. The molecule has 6 heteroatoms. The number of benzene rings is 2. The molecule has 0 aliphatic carbocycles. The summed E-state index contributed by atoms with van der Waals surface area (Å²) in [5.41, 5.74) is 4.81. The van der Waals surface area contributed by atoms with Crippen molar-refractivity contribution in [3.8, 4) is 0 Å². The van der Waals surface area contributed by atoms with Crippen LogP contribution in [0.25, 0.3) is 10.8 Å². The Kier molecular flexibility index (Phi) is 3.21. The third-order valence-corrected chi connectivity index (χ3v) is 4.68. The Hall–Kier alpha value is -2.57. The van der Waals surface area contributed by atoms with E-state index in [1.165, 1.54) is 11.3 Å². The monoisotopic (exact) mass is 323 g/mol. The van der Waals surface area contributed by atoms with Crippen molar-refractivity contribution in [2.45, 2.75) is 13.5 Å². The number of hydrazine groups is 1. The Morgan fingerprint density at radius 2 is 1.74 bits per heavy atom. The zero-order valence-corrected chi connectivity index (χ0v) is 13.2. The molecule has 0 bridgehead atoms. The van der Waals surface area contributed by atoms with Gasteiger partial charge in [-0.3, -0.25) is 9.59 Å². The SMILES string of the molecule is Cc1nc(CNN2C(=O)c3cccc4cccc(c34)C2=O)cs1. The molecule has 1 N–H and O–H groups in total. The highest BCUT2D eigenvalue weighted by atomic mass is 32.1. The zero-order chi connectivity index (χ0) is 16.0. The molecule has 114 valence electrons. The number of carbonyl (C=O) groups excluding carboxylic acids is 2. The van der Waals surface area contributed by atoms with Crippen LogP contribution in [-0.2, 0) is 6.54 Å². The van der Waals surface area contributed by atoms with E-state index in [0.29, 0.717) is 17.7 Å². The molecule has 0 atom stereocenters. The van der Waals surface area contributed by atoms with E-state index in [-0.39, 0.29) is 11.8 Å². The summed E-state index contributed by atoms with van der Waals surface area (Å²) in [6.07, 6.45) is 0. The summed E-state index contributed by atoms with van der Waals surface area (Å²) in [5, 5.41) is 5.58. The van der Waals surface area contributed by atoms with Crippen LogP contribution < -0.4 is 5.43 Å². The highest BCUT2D eigenvalue weighted by Gasteiger charge is 2.32. The van der Waals surface area contributed by atoms with Crippen LogP contribution in [0.4, 0.5) is 0 Å². The van der Waals surface area contributed by atoms with Gasteiger partial charge in [0, 0.05) is 10.8 Å². The largest absolute Gasteiger partial charge is 0.276 e. The molecule has 5 nitrogen and oxygen atoms in total. The summed E-state index contributed by atoms with van der Waals surface area (Å²) in [6.45, 7) is 2.25. The van der Waals surface area contributed by atoms with E-state index in [9.17, 15) is 9.59 Å². The lowest BCUT2D eigenvalue weighted by molar-refractivity contribution is 0.0515. The molecular weight excluding hydrogens is 310 g/mol. The molecule has 0 unspecified atom stereocenters. The van der Waals surface area contributed by atoms with Crippen molar-refractivity contribution in [1.82, 2.24) is 15.4 Å². The average molecular weight is 323 g/mol. The first-order valence-electron chi connectivity index (χ1n) is 7.20. The Balaban J connectivity index is 1.71. The third kappa shape index (κ3) is 2.23. The highest BCUT2D eigenvalue weighted by molar-refractivity contribution is 7.09. The van der Waals surface area contributed by atoms with Gasteiger partial charge >= 0.3 is 0 Å². The molecule has 2 heterocycles. The predicted octanol–water partition coefficient (Wildman–Crippen LogP) is 2.91. The van der Waals surface area contributed by atoms with Gasteiger partial charge < -0.3 is 0 Å². The van der Waals surface area contributed by atoms with Gasteiger partial charge in [-0.05, 0) is 24.4 Å². The van der Waals surface area contributed by atoms with Crippen LogP contribution in [0.15, 0.2) is 41.8 Å². The lowest BCUT2D eigenvalue weighted by atomic mass is 9.95. The first-order valence-corrected chi connectivity index (χ1v) is 8.08. The molecule has 0 fully saturated rings. The van der Waals surface area contributed by atoms with Crippen molar-refractivity contribution >= 4 is 33.9 Å². The number of thiazole rings is 1. The van der Waals surface area contributed by atoms with Gasteiger partial charge in [-0.2, -0.15) is 0 Å². The summed E-state index contributed by atoms with van der Waals surface area (Å²) in [5.74, 6) is -0.655. The maximum absolute atomic E-state index is 12.7. The van der Waals surface area contributed by atoms with Crippen LogP contribution in [0.1, 0.15) is 31.4 Å². The molecule has 1 aliphatic rings. The van der Waals surface area contributed by atoms with Crippen LogP contribution in [0.3, 0.4) is 0 Å². The standard InChI is InChI=1S/C17H13N3O2S/c1-10-19-12(9-23-10)8-18-20-16(21)13-6-2-4-11-5-3-7-14(15(11)13)17(20)22/h2-7,9,18H,8H2,1H3.